The number of nitrogens with zero attached hydrogens (tertiary/aromatic N) is 9. The van der Waals surface area contributed by atoms with Gasteiger partial charge in [-0.25, -0.2) is 29.9 Å². The maximum Gasteiger partial charge on any atom is 0.162 e. The zero-order valence-electron chi connectivity index (χ0n) is 28.3. The SMILES string of the molecule is c1ccc(-n2ccc3cc4c5cc(N(c6ccc(-c7ncncn7)cc6)c6ccc(-c7ncncn7)cc6)ccc5n(-c5ccccc5)c4cc32)cc1. The molecular formula is C44H29N9. The summed E-state index contributed by atoms with van der Waals surface area (Å²) in [6, 6.07) is 51.3. The summed E-state index contributed by atoms with van der Waals surface area (Å²) >= 11 is 0. The van der Waals surface area contributed by atoms with E-state index in [-0.39, 0.29) is 0 Å². The molecule has 53 heavy (non-hydrogen) atoms. The molecule has 0 amide bonds. The van der Waals surface area contributed by atoms with Crippen molar-refractivity contribution in [3.8, 4) is 34.2 Å². The Balaban J connectivity index is 1.17. The Kier molecular flexibility index (Phi) is 7.25. The van der Waals surface area contributed by atoms with Crippen molar-refractivity contribution >= 4 is 49.8 Å². The van der Waals surface area contributed by atoms with E-state index in [1.807, 2.05) is 24.3 Å². The van der Waals surface area contributed by atoms with Crippen LogP contribution in [-0.4, -0.2) is 39.0 Å². The fourth-order valence-electron chi connectivity index (χ4n) is 7.19. The maximum atomic E-state index is 4.35. The molecule has 0 spiro atoms. The molecule has 10 aromatic rings. The molecule has 4 aromatic heterocycles. The van der Waals surface area contributed by atoms with E-state index < -0.39 is 0 Å². The van der Waals surface area contributed by atoms with Crippen LogP contribution < -0.4 is 4.90 Å². The highest BCUT2D eigenvalue weighted by atomic mass is 15.1. The molecule has 0 fully saturated rings. The predicted molar refractivity (Wildman–Crippen MR) is 210 cm³/mol. The van der Waals surface area contributed by atoms with Crippen molar-refractivity contribution < 1.29 is 0 Å². The van der Waals surface area contributed by atoms with E-state index in [1.54, 1.807) is 0 Å². The zero-order valence-corrected chi connectivity index (χ0v) is 28.3. The van der Waals surface area contributed by atoms with Crippen LogP contribution in [0.4, 0.5) is 17.1 Å². The highest BCUT2D eigenvalue weighted by molar-refractivity contribution is 6.14. The Morgan fingerprint density at radius 2 is 0.943 bits per heavy atom. The third-order valence-electron chi connectivity index (χ3n) is 9.62. The molecule has 0 aliphatic carbocycles. The monoisotopic (exact) mass is 683 g/mol. The molecule has 250 valence electrons. The predicted octanol–water partition coefficient (Wildman–Crippen LogP) is 9.90. The van der Waals surface area contributed by atoms with E-state index in [2.05, 4.69) is 171 Å². The molecule has 0 unspecified atom stereocenters. The van der Waals surface area contributed by atoms with Crippen LogP contribution in [0.1, 0.15) is 0 Å². The first-order valence-corrected chi connectivity index (χ1v) is 17.2. The average Bonchev–Trinajstić information content (AvgIpc) is 3.80. The molecule has 0 aliphatic rings. The summed E-state index contributed by atoms with van der Waals surface area (Å²) in [4.78, 5) is 27.6. The van der Waals surface area contributed by atoms with Crippen LogP contribution in [0.25, 0.3) is 66.9 Å². The first-order valence-electron chi connectivity index (χ1n) is 17.2. The van der Waals surface area contributed by atoms with E-state index in [4.69, 9.17) is 0 Å². The van der Waals surface area contributed by atoms with Crippen molar-refractivity contribution in [2.24, 2.45) is 0 Å². The molecule has 6 aromatic carbocycles. The van der Waals surface area contributed by atoms with Gasteiger partial charge in [0.2, 0.25) is 0 Å². The average molecular weight is 684 g/mol. The summed E-state index contributed by atoms with van der Waals surface area (Å²) < 4.78 is 4.63. The van der Waals surface area contributed by atoms with Crippen LogP contribution >= 0.6 is 0 Å². The third-order valence-corrected chi connectivity index (χ3v) is 9.62. The summed E-state index contributed by atoms with van der Waals surface area (Å²) in [5.74, 6) is 1.25. The number of anilines is 3. The van der Waals surface area contributed by atoms with Crippen LogP contribution in [0.2, 0.25) is 0 Å². The Morgan fingerprint density at radius 1 is 0.415 bits per heavy atom. The largest absolute Gasteiger partial charge is 0.316 e. The second-order valence-electron chi connectivity index (χ2n) is 12.7. The first-order chi connectivity index (χ1) is 26.3. The van der Waals surface area contributed by atoms with Gasteiger partial charge in [-0.2, -0.15) is 0 Å². The van der Waals surface area contributed by atoms with Crippen molar-refractivity contribution in [3.05, 3.63) is 177 Å². The number of aromatic nitrogens is 8. The molecule has 0 aliphatic heterocycles. The molecule has 0 atom stereocenters. The second-order valence-corrected chi connectivity index (χ2v) is 12.7. The van der Waals surface area contributed by atoms with Gasteiger partial charge in [-0.05, 0) is 109 Å². The minimum absolute atomic E-state index is 0.627. The van der Waals surface area contributed by atoms with Gasteiger partial charge >= 0.3 is 0 Å². The Hall–Kier alpha value is -7.52. The quantitative estimate of drug-likeness (QED) is 0.165. The molecule has 0 N–H and O–H groups in total. The summed E-state index contributed by atoms with van der Waals surface area (Å²) in [7, 11) is 0. The van der Waals surface area contributed by atoms with E-state index >= 15 is 0 Å². The van der Waals surface area contributed by atoms with Crippen LogP contribution in [0.3, 0.4) is 0 Å². The molecule has 0 saturated heterocycles. The highest BCUT2D eigenvalue weighted by Gasteiger charge is 2.19. The molecule has 10 rings (SSSR count). The van der Waals surface area contributed by atoms with Crippen LogP contribution in [0.5, 0.6) is 0 Å². The zero-order chi connectivity index (χ0) is 35.1. The first kappa shape index (κ1) is 30.3. The van der Waals surface area contributed by atoms with Gasteiger partial charge in [0.25, 0.3) is 0 Å². The minimum Gasteiger partial charge on any atom is -0.316 e. The molecular weight excluding hydrogens is 655 g/mol. The Morgan fingerprint density at radius 3 is 1.53 bits per heavy atom. The maximum absolute atomic E-state index is 4.35. The van der Waals surface area contributed by atoms with Gasteiger partial charge in [-0.1, -0.05) is 36.4 Å². The number of para-hydroxylation sites is 2. The van der Waals surface area contributed by atoms with Gasteiger partial charge in [0.15, 0.2) is 11.6 Å². The topological polar surface area (TPSA) is 90.4 Å². The van der Waals surface area contributed by atoms with Crippen molar-refractivity contribution in [1.82, 2.24) is 39.0 Å². The lowest BCUT2D eigenvalue weighted by atomic mass is 10.1. The molecule has 9 nitrogen and oxygen atoms in total. The summed E-state index contributed by atoms with van der Waals surface area (Å²) in [6.07, 6.45) is 8.22. The van der Waals surface area contributed by atoms with Gasteiger partial charge in [0.05, 0.1) is 16.6 Å². The van der Waals surface area contributed by atoms with Crippen LogP contribution in [-0.2, 0) is 0 Å². The molecule has 0 saturated carbocycles. The van der Waals surface area contributed by atoms with Crippen molar-refractivity contribution in [1.29, 1.82) is 0 Å². The summed E-state index contributed by atoms with van der Waals surface area (Å²) in [6.45, 7) is 0. The normalized spacial score (nSPS) is 11.4. The Bertz CT molecular complexity index is 2770. The van der Waals surface area contributed by atoms with Crippen molar-refractivity contribution in [2.45, 2.75) is 0 Å². The second kappa shape index (κ2) is 12.7. The van der Waals surface area contributed by atoms with Crippen molar-refractivity contribution in [2.75, 3.05) is 4.90 Å². The number of rotatable bonds is 7. The molecule has 4 heterocycles. The molecule has 0 bridgehead atoms. The standard InChI is InChI=1S/C44H29N9/c1-3-7-33(8-4-1)51-22-21-32-23-38-39-24-37(19-20-40(39)53(42(38)25-41(32)51)34-9-5-2-6-10-34)52(35-15-11-30(12-16-35)43-47-26-45-27-48-43)36-17-13-31(14-18-36)44-49-28-46-29-50-44/h1-29H. The lowest BCUT2D eigenvalue weighted by Crippen LogP contribution is -2.10. The molecule has 0 radical (unpaired) electrons. The fraction of sp³-hybridized carbons (Fsp3) is 0. The summed E-state index contributed by atoms with van der Waals surface area (Å²) in [5, 5.41) is 3.52. The van der Waals surface area contributed by atoms with E-state index in [0.29, 0.717) is 11.6 Å². The van der Waals surface area contributed by atoms with Crippen molar-refractivity contribution in [3.63, 3.8) is 0 Å². The van der Waals surface area contributed by atoms with Crippen LogP contribution in [0.15, 0.2) is 177 Å². The number of hydrogen-bond donors (Lipinski definition) is 0. The van der Waals surface area contributed by atoms with Gasteiger partial charge in [0, 0.05) is 61.9 Å². The fourth-order valence-corrected chi connectivity index (χ4v) is 7.19. The highest BCUT2D eigenvalue weighted by Crippen LogP contribution is 2.41. The summed E-state index contributed by atoms with van der Waals surface area (Å²) in [5.41, 5.74) is 10.5. The van der Waals surface area contributed by atoms with Gasteiger partial charge in [-0.15, -0.1) is 0 Å². The van der Waals surface area contributed by atoms with Gasteiger partial charge in [-0.3, -0.25) is 0 Å². The Labute approximate surface area is 304 Å². The lowest BCUT2D eigenvalue weighted by molar-refractivity contribution is 1.06. The lowest BCUT2D eigenvalue weighted by Gasteiger charge is -2.26. The number of hydrogen-bond acceptors (Lipinski definition) is 7. The third kappa shape index (κ3) is 5.35. The van der Waals surface area contributed by atoms with E-state index in [0.717, 1.165) is 61.5 Å². The smallest absolute Gasteiger partial charge is 0.162 e. The van der Waals surface area contributed by atoms with Gasteiger partial charge < -0.3 is 14.0 Å². The van der Waals surface area contributed by atoms with E-state index in [9.17, 15) is 0 Å². The minimum atomic E-state index is 0.627. The van der Waals surface area contributed by atoms with Crippen LogP contribution in [0, 0.1) is 0 Å². The number of fused-ring (bicyclic) bond motifs is 4. The van der Waals surface area contributed by atoms with Gasteiger partial charge in [0.1, 0.15) is 25.3 Å². The number of benzene rings is 6. The molecule has 9 heteroatoms. The van der Waals surface area contributed by atoms with E-state index in [1.165, 1.54) is 36.1 Å².